The van der Waals surface area contributed by atoms with Crippen molar-refractivity contribution in [1.82, 2.24) is 0 Å². The van der Waals surface area contributed by atoms with Gasteiger partial charge in [0.05, 0.1) is 11.0 Å². The van der Waals surface area contributed by atoms with Gasteiger partial charge >= 0.3 is 5.63 Å². The molecule has 38 heavy (non-hydrogen) atoms. The molecule has 0 saturated carbocycles. The lowest BCUT2D eigenvalue weighted by atomic mass is 9.89. The predicted octanol–water partition coefficient (Wildman–Crippen LogP) is 2.83. The average Bonchev–Trinajstić information content (AvgIpc) is 2.87. The number of Topliss-reactive ketones (excluding diaryl/α,β-unsaturated/α-hetero) is 1. The number of ether oxygens (including phenoxy) is 6. The smallest absolute Gasteiger partial charge is 0.351 e. The highest BCUT2D eigenvalue weighted by Gasteiger charge is 2.52. The highest BCUT2D eigenvalue weighted by Crippen LogP contribution is 2.38. The van der Waals surface area contributed by atoms with Crippen LogP contribution in [0.2, 0.25) is 0 Å². The summed E-state index contributed by atoms with van der Waals surface area (Å²) in [6.07, 6.45) is -1.81. The van der Waals surface area contributed by atoms with Crippen molar-refractivity contribution >= 4 is 16.8 Å². The average molecular weight is 537 g/mol. The number of methoxy groups -OCH3 is 1. The third kappa shape index (κ3) is 5.58. The van der Waals surface area contributed by atoms with Gasteiger partial charge in [0.25, 0.3) is 0 Å². The van der Waals surface area contributed by atoms with Gasteiger partial charge in [0.1, 0.15) is 41.5 Å². The zero-order chi connectivity index (χ0) is 27.6. The number of hydrogen-bond donors (Lipinski definition) is 2. The van der Waals surface area contributed by atoms with Crippen molar-refractivity contribution in [2.75, 3.05) is 26.9 Å². The van der Waals surface area contributed by atoms with Gasteiger partial charge in [0, 0.05) is 25.9 Å². The first-order valence-electron chi connectivity index (χ1n) is 12.8. The van der Waals surface area contributed by atoms with E-state index in [2.05, 4.69) is 0 Å². The molecular formula is C27H36O11. The second-order valence-corrected chi connectivity index (χ2v) is 9.99. The topological polar surface area (TPSA) is 143 Å². The molecule has 210 valence electrons. The van der Waals surface area contributed by atoms with E-state index in [1.165, 1.54) is 13.2 Å². The van der Waals surface area contributed by atoms with E-state index in [4.69, 9.17) is 32.8 Å². The molecule has 0 amide bonds. The third-order valence-electron chi connectivity index (χ3n) is 6.93. The lowest BCUT2D eigenvalue weighted by Crippen LogP contribution is -2.65. The molecule has 5 atom stereocenters. The van der Waals surface area contributed by atoms with E-state index in [0.717, 1.165) is 12.8 Å². The van der Waals surface area contributed by atoms with E-state index >= 15 is 0 Å². The largest absolute Gasteiger partial charge is 0.506 e. The van der Waals surface area contributed by atoms with Crippen LogP contribution in [0.4, 0.5) is 0 Å². The van der Waals surface area contributed by atoms with Crippen LogP contribution in [0.25, 0.3) is 11.0 Å². The fourth-order valence-electron chi connectivity index (χ4n) is 4.96. The Balaban J connectivity index is 1.67. The first-order chi connectivity index (χ1) is 18.1. The van der Waals surface area contributed by atoms with Crippen molar-refractivity contribution < 1.29 is 47.8 Å². The molecule has 0 aliphatic carbocycles. The fourth-order valence-corrected chi connectivity index (χ4v) is 4.96. The molecule has 2 aromatic rings. The van der Waals surface area contributed by atoms with Crippen molar-refractivity contribution in [3.8, 4) is 11.5 Å². The minimum atomic E-state index is -1.10. The number of benzene rings is 1. The van der Waals surface area contributed by atoms with Crippen molar-refractivity contribution in [2.45, 2.75) is 83.5 Å². The summed E-state index contributed by atoms with van der Waals surface area (Å²) < 4.78 is 40.3. The van der Waals surface area contributed by atoms with Crippen LogP contribution in [0.1, 0.15) is 56.0 Å². The second-order valence-electron chi connectivity index (χ2n) is 9.99. The Morgan fingerprint density at radius 1 is 1.24 bits per heavy atom. The molecule has 2 aliphatic rings. The molecule has 1 aromatic heterocycles. The van der Waals surface area contributed by atoms with Gasteiger partial charge in [-0.1, -0.05) is 0 Å². The van der Waals surface area contributed by atoms with Crippen LogP contribution >= 0.6 is 0 Å². The highest BCUT2D eigenvalue weighted by atomic mass is 16.7. The Morgan fingerprint density at radius 2 is 2.00 bits per heavy atom. The molecule has 2 N–H and O–H groups in total. The van der Waals surface area contributed by atoms with E-state index in [0.29, 0.717) is 18.6 Å². The Morgan fingerprint density at radius 3 is 2.66 bits per heavy atom. The van der Waals surface area contributed by atoms with Crippen LogP contribution in [-0.2, 0) is 23.7 Å². The highest BCUT2D eigenvalue weighted by molar-refractivity contribution is 6.04. The summed E-state index contributed by atoms with van der Waals surface area (Å²) in [5.41, 5.74) is -1.94. The Hall–Kier alpha value is -2.54. The van der Waals surface area contributed by atoms with Crippen LogP contribution in [0.5, 0.6) is 11.5 Å². The standard InChI is InChI=1S/C27H36O11/c1-6-33-13-16(28)19-20(29)15-10-11-17(14(2)22(15)37-25(19)31)35-26-23(36-18-9-7-8-12-34-18)21(30)24(32-5)27(3,4)38-26/h10-11,18,21,23-24,26,29-30H,6-9,12-13H2,1-5H3/t18?,21-,23-,24-,26-/m1/s1. The van der Waals surface area contributed by atoms with Gasteiger partial charge in [-0.05, 0) is 59.1 Å². The zero-order valence-corrected chi connectivity index (χ0v) is 22.4. The fraction of sp³-hybridized carbons (Fsp3) is 0.630. The van der Waals surface area contributed by atoms with Gasteiger partial charge in [0.2, 0.25) is 6.29 Å². The van der Waals surface area contributed by atoms with E-state index in [9.17, 15) is 19.8 Å². The molecule has 3 heterocycles. The SMILES string of the molecule is CCOCC(=O)c1c(O)c2ccc(O[C@@H]3OC(C)(C)[C@H](OC)[C@H](O)[C@H]3OC3CCCCO3)c(C)c2oc1=O. The van der Waals surface area contributed by atoms with Crippen LogP contribution < -0.4 is 10.4 Å². The minimum absolute atomic E-state index is 0.0522. The van der Waals surface area contributed by atoms with Crippen molar-refractivity contribution in [2.24, 2.45) is 0 Å². The molecule has 0 radical (unpaired) electrons. The number of ketones is 1. The van der Waals surface area contributed by atoms with Crippen molar-refractivity contribution in [1.29, 1.82) is 0 Å². The summed E-state index contributed by atoms with van der Waals surface area (Å²) in [5.74, 6) is -0.891. The van der Waals surface area contributed by atoms with E-state index in [1.807, 2.05) is 0 Å². The Labute approximate surface area is 220 Å². The summed E-state index contributed by atoms with van der Waals surface area (Å²) >= 11 is 0. The van der Waals surface area contributed by atoms with Gasteiger partial charge in [-0.25, -0.2) is 4.79 Å². The number of aryl methyl sites for hydroxylation is 1. The minimum Gasteiger partial charge on any atom is -0.506 e. The maximum atomic E-state index is 12.6. The van der Waals surface area contributed by atoms with E-state index in [-0.39, 0.29) is 29.9 Å². The summed E-state index contributed by atoms with van der Waals surface area (Å²) in [6, 6.07) is 3.05. The predicted molar refractivity (Wildman–Crippen MR) is 135 cm³/mol. The molecule has 2 fully saturated rings. The van der Waals surface area contributed by atoms with Gasteiger partial charge in [0.15, 0.2) is 18.2 Å². The lowest BCUT2D eigenvalue weighted by molar-refractivity contribution is -0.339. The number of carbonyl (C=O) groups excluding carboxylic acids is 1. The molecule has 2 saturated heterocycles. The lowest BCUT2D eigenvalue weighted by Gasteiger charge is -2.48. The molecule has 1 unspecified atom stereocenters. The first-order valence-corrected chi connectivity index (χ1v) is 12.8. The second kappa shape index (κ2) is 11.7. The van der Waals surface area contributed by atoms with Crippen LogP contribution in [0.15, 0.2) is 21.3 Å². The van der Waals surface area contributed by atoms with Gasteiger partial charge in [-0.15, -0.1) is 0 Å². The first kappa shape index (κ1) is 28.5. The monoisotopic (exact) mass is 536 g/mol. The summed E-state index contributed by atoms with van der Waals surface area (Å²) in [6.45, 7) is 7.39. The Kier molecular flexibility index (Phi) is 8.75. The van der Waals surface area contributed by atoms with E-state index < -0.39 is 59.2 Å². The van der Waals surface area contributed by atoms with E-state index in [1.54, 1.807) is 33.8 Å². The van der Waals surface area contributed by atoms with Gasteiger partial charge in [-0.2, -0.15) is 0 Å². The normalized spacial score (nSPS) is 27.4. The van der Waals surface area contributed by atoms with Gasteiger partial charge < -0.3 is 43.1 Å². The summed E-state index contributed by atoms with van der Waals surface area (Å²) in [7, 11) is 1.49. The Bertz CT molecular complexity index is 1200. The molecule has 0 bridgehead atoms. The number of aromatic hydroxyl groups is 1. The number of fused-ring (bicyclic) bond motifs is 1. The molecule has 11 heteroatoms. The molecular weight excluding hydrogens is 500 g/mol. The van der Waals surface area contributed by atoms with Crippen LogP contribution in [0.3, 0.4) is 0 Å². The quantitative estimate of drug-likeness (QED) is 0.361. The molecule has 1 aromatic carbocycles. The number of aliphatic hydroxyl groups excluding tert-OH is 1. The van der Waals surface area contributed by atoms with Crippen LogP contribution in [0, 0.1) is 6.92 Å². The zero-order valence-electron chi connectivity index (χ0n) is 22.4. The molecule has 2 aliphatic heterocycles. The molecule has 4 rings (SSSR count). The number of carbonyl (C=O) groups is 1. The maximum Gasteiger partial charge on any atom is 0.351 e. The third-order valence-corrected chi connectivity index (χ3v) is 6.93. The van der Waals surface area contributed by atoms with Crippen molar-refractivity contribution in [3.05, 3.63) is 33.7 Å². The maximum absolute atomic E-state index is 12.6. The van der Waals surface area contributed by atoms with Crippen LogP contribution in [-0.4, -0.2) is 79.4 Å². The number of hydrogen-bond acceptors (Lipinski definition) is 11. The molecule has 0 spiro atoms. The summed E-state index contributed by atoms with van der Waals surface area (Å²) in [5, 5.41) is 22.1. The number of aliphatic hydroxyl groups is 1. The van der Waals surface area contributed by atoms with Crippen molar-refractivity contribution in [3.63, 3.8) is 0 Å². The summed E-state index contributed by atoms with van der Waals surface area (Å²) in [4.78, 5) is 25.0. The molecule has 11 nitrogen and oxygen atoms in total. The van der Waals surface area contributed by atoms with Gasteiger partial charge in [-0.3, -0.25) is 4.79 Å². The number of rotatable bonds is 9.